The van der Waals surface area contributed by atoms with Crippen molar-refractivity contribution in [2.24, 2.45) is 10.7 Å². The monoisotopic (exact) mass is 502 g/mol. The normalized spacial score (nSPS) is 10.7. The number of rotatable bonds is 4. The van der Waals surface area contributed by atoms with Gasteiger partial charge in [0.1, 0.15) is 6.54 Å². The summed E-state index contributed by atoms with van der Waals surface area (Å²) >= 11 is 3.38. The lowest BCUT2D eigenvalue weighted by Crippen LogP contribution is -2.25. The Morgan fingerprint density at radius 3 is 2.62 bits per heavy atom. The number of aryl methyl sites for hydroxylation is 2. The second kappa shape index (κ2) is 9.63. The predicted molar refractivity (Wildman–Crippen MR) is 114 cm³/mol. The number of nitrogens with zero attached hydrogens (tertiary/aromatic N) is 1. The van der Waals surface area contributed by atoms with Gasteiger partial charge in [-0.3, -0.25) is 4.79 Å². The van der Waals surface area contributed by atoms with Gasteiger partial charge >= 0.3 is 0 Å². The fourth-order valence-corrected chi connectivity index (χ4v) is 2.35. The average molecular weight is 503 g/mol. The van der Waals surface area contributed by atoms with Crippen molar-refractivity contribution in [3.63, 3.8) is 0 Å². The molecule has 0 saturated carbocycles. The maximum Gasteiger partial charge on any atom is 0.246 e. The fourth-order valence-electron chi connectivity index (χ4n) is 1.99. The lowest BCUT2D eigenvalue weighted by molar-refractivity contribution is -0.114. The zero-order valence-corrected chi connectivity index (χ0v) is 17.4. The third kappa shape index (κ3) is 6.48. The van der Waals surface area contributed by atoms with Gasteiger partial charge in [0.05, 0.1) is 0 Å². The predicted octanol–water partition coefficient (Wildman–Crippen LogP) is 4.05. The standard InChI is InChI=1S/C17H19BrN4O.HI/c1-11-4-3-5-14(8-11)21-17(19)20-10-16(23)22-15-9-13(18)7-6-12(15)2;/h3-9H,10H2,1-2H3,(H,22,23)(H3,19,20,21);1H. The Balaban J connectivity index is 0.00000288. The van der Waals surface area contributed by atoms with Crippen LogP contribution in [-0.2, 0) is 4.79 Å². The van der Waals surface area contributed by atoms with Gasteiger partial charge < -0.3 is 16.4 Å². The summed E-state index contributed by atoms with van der Waals surface area (Å²) in [5.74, 6) is -0.0168. The van der Waals surface area contributed by atoms with E-state index in [2.05, 4.69) is 31.6 Å². The molecule has 0 radical (unpaired) electrons. The van der Waals surface area contributed by atoms with Gasteiger partial charge in [-0.25, -0.2) is 4.99 Å². The van der Waals surface area contributed by atoms with E-state index in [0.717, 1.165) is 27.0 Å². The molecule has 128 valence electrons. The number of nitrogens with two attached hydrogens (primary N) is 1. The van der Waals surface area contributed by atoms with Crippen LogP contribution in [0.15, 0.2) is 51.9 Å². The summed E-state index contributed by atoms with van der Waals surface area (Å²) in [6.45, 7) is 3.88. The van der Waals surface area contributed by atoms with E-state index in [1.165, 1.54) is 0 Å². The number of benzene rings is 2. The molecule has 0 fully saturated rings. The molecule has 24 heavy (non-hydrogen) atoms. The number of amides is 1. The van der Waals surface area contributed by atoms with Crippen LogP contribution in [0.2, 0.25) is 0 Å². The summed E-state index contributed by atoms with van der Waals surface area (Å²) in [5.41, 5.74) is 9.50. The van der Waals surface area contributed by atoms with Gasteiger partial charge in [-0.2, -0.15) is 0 Å². The van der Waals surface area contributed by atoms with Crippen molar-refractivity contribution in [1.29, 1.82) is 0 Å². The van der Waals surface area contributed by atoms with Gasteiger partial charge in [0.2, 0.25) is 5.91 Å². The summed E-state index contributed by atoms with van der Waals surface area (Å²) in [5, 5.41) is 5.78. The third-order valence-electron chi connectivity index (χ3n) is 3.16. The van der Waals surface area contributed by atoms with Gasteiger partial charge in [0.25, 0.3) is 0 Å². The van der Waals surface area contributed by atoms with Crippen molar-refractivity contribution in [2.75, 3.05) is 17.2 Å². The molecule has 7 heteroatoms. The number of aliphatic imine (C=N–C) groups is 1. The number of guanidine groups is 1. The Morgan fingerprint density at radius 2 is 1.92 bits per heavy atom. The van der Waals surface area contributed by atoms with Crippen molar-refractivity contribution < 1.29 is 4.79 Å². The first-order valence-corrected chi connectivity index (χ1v) is 7.93. The topological polar surface area (TPSA) is 79.5 Å². The molecule has 0 spiro atoms. The number of hydrogen-bond acceptors (Lipinski definition) is 2. The molecule has 0 aliphatic carbocycles. The number of hydrogen-bond donors (Lipinski definition) is 3. The quantitative estimate of drug-likeness (QED) is 0.335. The van der Waals surface area contributed by atoms with Crippen LogP contribution in [0.4, 0.5) is 11.4 Å². The number of carbonyl (C=O) groups excluding carboxylic acids is 1. The summed E-state index contributed by atoms with van der Waals surface area (Å²) in [4.78, 5) is 16.0. The maximum atomic E-state index is 12.0. The maximum absolute atomic E-state index is 12.0. The van der Waals surface area contributed by atoms with Crippen molar-refractivity contribution >= 4 is 63.1 Å². The van der Waals surface area contributed by atoms with Crippen LogP contribution in [0.5, 0.6) is 0 Å². The number of halogens is 2. The Bertz CT molecular complexity index is 749. The summed E-state index contributed by atoms with van der Waals surface area (Å²) < 4.78 is 0.905. The van der Waals surface area contributed by atoms with E-state index in [4.69, 9.17) is 5.73 Å². The van der Waals surface area contributed by atoms with Gasteiger partial charge in [-0.1, -0.05) is 34.1 Å². The molecular formula is C17H20BrIN4O. The highest BCUT2D eigenvalue weighted by molar-refractivity contribution is 14.0. The first-order chi connectivity index (χ1) is 10.9. The van der Waals surface area contributed by atoms with Crippen LogP contribution in [0, 0.1) is 13.8 Å². The molecule has 5 nitrogen and oxygen atoms in total. The first kappa shape index (κ1) is 20.4. The fraction of sp³-hybridized carbons (Fsp3) is 0.176. The van der Waals surface area contributed by atoms with Crippen molar-refractivity contribution in [3.8, 4) is 0 Å². The highest BCUT2D eigenvalue weighted by Crippen LogP contribution is 2.20. The molecule has 0 aromatic heterocycles. The largest absolute Gasteiger partial charge is 0.370 e. The highest BCUT2D eigenvalue weighted by atomic mass is 127. The molecule has 2 aromatic rings. The molecule has 2 aromatic carbocycles. The van der Waals surface area contributed by atoms with Crippen molar-refractivity contribution in [2.45, 2.75) is 13.8 Å². The minimum atomic E-state index is -0.222. The Labute approximate surface area is 167 Å². The lowest BCUT2D eigenvalue weighted by Gasteiger charge is -2.09. The molecule has 0 saturated heterocycles. The molecule has 0 atom stereocenters. The van der Waals surface area contributed by atoms with E-state index < -0.39 is 0 Å². The summed E-state index contributed by atoms with van der Waals surface area (Å²) in [7, 11) is 0. The number of carbonyl (C=O) groups is 1. The van der Waals surface area contributed by atoms with Crippen LogP contribution >= 0.6 is 39.9 Å². The molecule has 0 aliphatic rings. The van der Waals surface area contributed by atoms with Crippen LogP contribution in [0.25, 0.3) is 0 Å². The molecule has 0 aliphatic heterocycles. The Kier molecular flexibility index (Phi) is 8.20. The van der Waals surface area contributed by atoms with Crippen LogP contribution in [0.1, 0.15) is 11.1 Å². The summed E-state index contributed by atoms with van der Waals surface area (Å²) in [6, 6.07) is 13.5. The SMILES string of the molecule is Cc1cccc(NC(N)=NCC(=O)Nc2cc(Br)ccc2C)c1.I. The van der Waals surface area contributed by atoms with Crippen LogP contribution < -0.4 is 16.4 Å². The molecule has 1 amide bonds. The van der Waals surface area contributed by atoms with Gasteiger partial charge in [0, 0.05) is 15.8 Å². The number of nitrogens with one attached hydrogen (secondary N) is 2. The smallest absolute Gasteiger partial charge is 0.246 e. The van der Waals surface area contributed by atoms with Crippen LogP contribution in [-0.4, -0.2) is 18.4 Å². The van der Waals surface area contributed by atoms with E-state index in [0.29, 0.717) is 0 Å². The van der Waals surface area contributed by atoms with Crippen molar-refractivity contribution in [3.05, 3.63) is 58.1 Å². The zero-order chi connectivity index (χ0) is 16.8. The molecular weight excluding hydrogens is 483 g/mol. The highest BCUT2D eigenvalue weighted by Gasteiger charge is 2.05. The van der Waals surface area contributed by atoms with Gasteiger partial charge in [0.15, 0.2) is 5.96 Å². The van der Waals surface area contributed by atoms with Crippen LogP contribution in [0.3, 0.4) is 0 Å². The van der Waals surface area contributed by atoms with E-state index in [9.17, 15) is 4.79 Å². The first-order valence-electron chi connectivity index (χ1n) is 7.13. The molecule has 2 rings (SSSR count). The minimum Gasteiger partial charge on any atom is -0.370 e. The lowest BCUT2D eigenvalue weighted by atomic mass is 10.2. The second-order valence-corrected chi connectivity index (χ2v) is 6.12. The third-order valence-corrected chi connectivity index (χ3v) is 3.65. The van der Waals surface area contributed by atoms with Crippen molar-refractivity contribution in [1.82, 2.24) is 0 Å². The van der Waals surface area contributed by atoms with E-state index in [1.807, 2.05) is 56.3 Å². The average Bonchev–Trinajstić information content (AvgIpc) is 2.49. The van der Waals surface area contributed by atoms with E-state index in [1.54, 1.807) is 0 Å². The molecule has 0 bridgehead atoms. The second-order valence-electron chi connectivity index (χ2n) is 5.20. The molecule has 0 unspecified atom stereocenters. The number of anilines is 2. The van der Waals surface area contributed by atoms with E-state index >= 15 is 0 Å². The Morgan fingerprint density at radius 1 is 1.17 bits per heavy atom. The Hall–Kier alpha value is -1.61. The minimum absolute atomic E-state index is 0. The zero-order valence-electron chi connectivity index (χ0n) is 13.5. The van der Waals surface area contributed by atoms with Gasteiger partial charge in [-0.15, -0.1) is 24.0 Å². The molecule has 0 heterocycles. The summed E-state index contributed by atoms with van der Waals surface area (Å²) in [6.07, 6.45) is 0. The van der Waals surface area contributed by atoms with Gasteiger partial charge in [-0.05, 0) is 49.2 Å². The molecule has 4 N–H and O–H groups in total. The van der Waals surface area contributed by atoms with E-state index in [-0.39, 0.29) is 42.4 Å².